The summed E-state index contributed by atoms with van der Waals surface area (Å²) in [6, 6.07) is 6.85. The fourth-order valence-electron chi connectivity index (χ4n) is 2.94. The minimum atomic E-state index is 0. The number of nitrogens with zero attached hydrogens (tertiary/aromatic N) is 2. The fourth-order valence-corrected chi connectivity index (χ4v) is 3.18. The van der Waals surface area contributed by atoms with Crippen LogP contribution in [0.5, 0.6) is 0 Å². The largest absolute Gasteiger partial charge is 0.308 e. The van der Waals surface area contributed by atoms with E-state index in [1.807, 2.05) is 14.0 Å². The Labute approximate surface area is 137 Å². The number of hydrogen-bond acceptors (Lipinski definition) is 2. The molecule has 1 aliphatic carbocycles. The van der Waals surface area contributed by atoms with E-state index in [-0.39, 0.29) is 12.4 Å². The van der Waals surface area contributed by atoms with Gasteiger partial charge in [0.15, 0.2) is 0 Å². The number of benzene rings is 1. The quantitative estimate of drug-likeness (QED) is 0.931. The monoisotopic (exact) mass is 325 g/mol. The van der Waals surface area contributed by atoms with Crippen molar-refractivity contribution in [3.8, 4) is 0 Å². The minimum Gasteiger partial charge on any atom is -0.308 e. The predicted molar refractivity (Wildman–Crippen MR) is 89.2 cm³/mol. The second-order valence-electron chi connectivity index (χ2n) is 5.54. The van der Waals surface area contributed by atoms with E-state index in [2.05, 4.69) is 28.6 Å². The normalized spacial score (nSPS) is 13.1. The molecule has 0 amide bonds. The van der Waals surface area contributed by atoms with Crippen LogP contribution in [-0.4, -0.2) is 9.78 Å². The lowest BCUT2D eigenvalue weighted by atomic mass is 10.1. The third kappa shape index (κ3) is 3.42. The van der Waals surface area contributed by atoms with Crippen LogP contribution in [0.1, 0.15) is 34.4 Å². The lowest BCUT2D eigenvalue weighted by molar-refractivity contribution is 0.689. The molecule has 0 saturated carbocycles. The molecule has 0 aliphatic heterocycles. The summed E-state index contributed by atoms with van der Waals surface area (Å²) < 4.78 is 1.73. The molecule has 3 nitrogen and oxygen atoms in total. The Kier molecular flexibility index (Phi) is 5.31. The molecule has 0 saturated heterocycles. The van der Waals surface area contributed by atoms with Crippen LogP contribution < -0.4 is 5.32 Å². The van der Waals surface area contributed by atoms with Gasteiger partial charge in [0.2, 0.25) is 0 Å². The fraction of sp³-hybridized carbons (Fsp3) is 0.438. The van der Waals surface area contributed by atoms with Gasteiger partial charge in [-0.2, -0.15) is 5.10 Å². The average molecular weight is 326 g/mol. The van der Waals surface area contributed by atoms with Gasteiger partial charge in [-0.25, -0.2) is 0 Å². The zero-order valence-corrected chi connectivity index (χ0v) is 14.0. The third-order valence-corrected chi connectivity index (χ3v) is 4.54. The number of halogens is 2. The molecule has 1 aromatic carbocycles. The molecule has 21 heavy (non-hydrogen) atoms. The molecule has 1 heterocycles. The first-order valence-electron chi connectivity index (χ1n) is 7.14. The lowest BCUT2D eigenvalue weighted by Gasteiger charge is -2.07. The van der Waals surface area contributed by atoms with Crippen molar-refractivity contribution in [1.82, 2.24) is 15.1 Å². The average Bonchev–Trinajstić information content (AvgIpc) is 2.98. The van der Waals surface area contributed by atoms with E-state index >= 15 is 0 Å². The van der Waals surface area contributed by atoms with Crippen molar-refractivity contribution in [2.75, 3.05) is 0 Å². The highest BCUT2D eigenvalue weighted by Crippen LogP contribution is 2.23. The van der Waals surface area contributed by atoms with Crippen LogP contribution >= 0.6 is 24.0 Å². The van der Waals surface area contributed by atoms with E-state index in [1.165, 1.54) is 36.0 Å². The van der Waals surface area contributed by atoms with Gasteiger partial charge in [-0.3, -0.25) is 4.68 Å². The van der Waals surface area contributed by atoms with E-state index in [9.17, 15) is 0 Å². The van der Waals surface area contributed by atoms with Crippen molar-refractivity contribution in [3.05, 3.63) is 51.3 Å². The summed E-state index contributed by atoms with van der Waals surface area (Å²) in [7, 11) is 1.87. The van der Waals surface area contributed by atoms with Crippen LogP contribution in [0.15, 0.2) is 18.2 Å². The number of aryl methyl sites for hydroxylation is 4. The maximum atomic E-state index is 6.23. The van der Waals surface area contributed by atoms with Gasteiger partial charge in [0.1, 0.15) is 5.15 Å². The Morgan fingerprint density at radius 3 is 2.71 bits per heavy atom. The van der Waals surface area contributed by atoms with Gasteiger partial charge >= 0.3 is 0 Å². The Bertz CT molecular complexity index is 635. The summed E-state index contributed by atoms with van der Waals surface area (Å²) in [5.74, 6) is 0. The smallest absolute Gasteiger partial charge is 0.131 e. The summed E-state index contributed by atoms with van der Waals surface area (Å²) in [4.78, 5) is 0. The van der Waals surface area contributed by atoms with E-state index < -0.39 is 0 Å². The zero-order chi connectivity index (χ0) is 14.1. The Balaban J connectivity index is 0.00000161. The van der Waals surface area contributed by atoms with Crippen molar-refractivity contribution >= 4 is 24.0 Å². The summed E-state index contributed by atoms with van der Waals surface area (Å²) in [6.07, 6.45) is 3.78. The molecule has 0 fully saturated rings. The van der Waals surface area contributed by atoms with Crippen molar-refractivity contribution in [1.29, 1.82) is 0 Å². The number of rotatable bonds is 4. The molecule has 1 N–H and O–H groups in total. The third-order valence-electron chi connectivity index (χ3n) is 4.06. The van der Waals surface area contributed by atoms with Crippen LogP contribution in [-0.2, 0) is 33.0 Å². The number of nitrogens with one attached hydrogen (secondary N) is 1. The van der Waals surface area contributed by atoms with E-state index in [1.54, 1.807) is 4.68 Å². The van der Waals surface area contributed by atoms with Crippen LogP contribution in [0.3, 0.4) is 0 Å². The molecule has 3 rings (SSSR count). The molecule has 0 bridgehead atoms. The molecular formula is C16H21Cl2N3. The summed E-state index contributed by atoms with van der Waals surface area (Å²) in [5.41, 5.74) is 6.50. The second kappa shape index (κ2) is 6.82. The molecule has 2 aromatic rings. The summed E-state index contributed by atoms with van der Waals surface area (Å²) in [5, 5.41) is 8.52. The van der Waals surface area contributed by atoms with E-state index in [0.29, 0.717) is 0 Å². The van der Waals surface area contributed by atoms with Crippen molar-refractivity contribution in [2.45, 2.75) is 39.3 Å². The summed E-state index contributed by atoms with van der Waals surface area (Å²) in [6.45, 7) is 3.63. The highest BCUT2D eigenvalue weighted by atomic mass is 35.5. The lowest BCUT2D eigenvalue weighted by Crippen LogP contribution is -2.13. The first-order chi connectivity index (χ1) is 9.65. The number of fused-ring (bicyclic) bond motifs is 1. The van der Waals surface area contributed by atoms with Gasteiger partial charge < -0.3 is 5.32 Å². The maximum absolute atomic E-state index is 6.23. The predicted octanol–water partition coefficient (Wildman–Crippen LogP) is 3.58. The number of aromatic nitrogens is 2. The number of hydrogen-bond donors (Lipinski definition) is 1. The molecule has 0 spiro atoms. The van der Waals surface area contributed by atoms with Gasteiger partial charge in [-0.05, 0) is 42.9 Å². The van der Waals surface area contributed by atoms with Gasteiger partial charge in [0.05, 0.1) is 5.69 Å². The molecule has 1 aliphatic rings. The SMILES string of the molecule is Cc1nn(C)c(Cl)c1CNCc1ccc2c(c1)CCC2.Cl. The van der Waals surface area contributed by atoms with Crippen molar-refractivity contribution in [2.24, 2.45) is 7.05 Å². The van der Waals surface area contributed by atoms with E-state index in [4.69, 9.17) is 11.6 Å². The molecule has 114 valence electrons. The van der Waals surface area contributed by atoms with Crippen LogP contribution in [0.2, 0.25) is 5.15 Å². The molecular weight excluding hydrogens is 305 g/mol. The van der Waals surface area contributed by atoms with Crippen LogP contribution in [0, 0.1) is 6.92 Å². The Hall–Kier alpha value is -1.03. The molecule has 0 atom stereocenters. The molecule has 1 aromatic heterocycles. The molecule has 0 radical (unpaired) electrons. The zero-order valence-electron chi connectivity index (χ0n) is 12.4. The van der Waals surface area contributed by atoms with Gasteiger partial charge in [-0.1, -0.05) is 29.8 Å². The van der Waals surface area contributed by atoms with Crippen LogP contribution in [0.25, 0.3) is 0 Å². The van der Waals surface area contributed by atoms with Gasteiger partial charge in [-0.15, -0.1) is 12.4 Å². The van der Waals surface area contributed by atoms with Crippen LogP contribution in [0.4, 0.5) is 0 Å². The van der Waals surface area contributed by atoms with Gasteiger partial charge in [0, 0.05) is 25.7 Å². The molecule has 5 heteroatoms. The summed E-state index contributed by atoms with van der Waals surface area (Å²) >= 11 is 6.23. The Morgan fingerprint density at radius 2 is 2.00 bits per heavy atom. The van der Waals surface area contributed by atoms with E-state index in [0.717, 1.165) is 29.5 Å². The molecule has 0 unspecified atom stereocenters. The highest BCUT2D eigenvalue weighted by Gasteiger charge is 2.12. The first-order valence-corrected chi connectivity index (χ1v) is 7.52. The highest BCUT2D eigenvalue weighted by molar-refractivity contribution is 6.30. The van der Waals surface area contributed by atoms with Gasteiger partial charge in [0.25, 0.3) is 0 Å². The Morgan fingerprint density at radius 1 is 1.24 bits per heavy atom. The topological polar surface area (TPSA) is 29.9 Å². The maximum Gasteiger partial charge on any atom is 0.131 e. The van der Waals surface area contributed by atoms with Crippen molar-refractivity contribution in [3.63, 3.8) is 0 Å². The second-order valence-corrected chi connectivity index (χ2v) is 5.90. The van der Waals surface area contributed by atoms with Crippen molar-refractivity contribution < 1.29 is 0 Å². The minimum absolute atomic E-state index is 0. The standard InChI is InChI=1S/C16H20ClN3.ClH/c1-11-15(16(17)20(2)19-11)10-18-9-12-6-7-13-4-3-5-14(13)8-12;/h6-8,18H,3-5,9-10H2,1-2H3;1H. The first kappa shape index (κ1) is 16.3.